The Hall–Kier alpha value is -1.78. The van der Waals surface area contributed by atoms with Gasteiger partial charge in [-0.2, -0.15) is 8.42 Å². The molecule has 5 nitrogen and oxygen atoms in total. The van der Waals surface area contributed by atoms with Gasteiger partial charge in [0.25, 0.3) is 0 Å². The molecule has 0 aromatic heterocycles. The molecule has 0 bridgehead atoms. The Balaban J connectivity index is 1.98. The number of hydrogen-bond donors (Lipinski definition) is 0. The van der Waals surface area contributed by atoms with E-state index in [9.17, 15) is 13.0 Å². The SMILES string of the molecule is CCCCP1(=O)COc2cccc(OS(=O)(=O)c3ccc(C)cc3)c21. The van der Waals surface area contributed by atoms with Gasteiger partial charge in [-0.15, -0.1) is 0 Å². The molecule has 0 saturated carbocycles. The summed E-state index contributed by atoms with van der Waals surface area (Å²) in [5, 5.41) is 0.416. The van der Waals surface area contributed by atoms with Gasteiger partial charge in [-0.1, -0.05) is 37.1 Å². The van der Waals surface area contributed by atoms with E-state index >= 15 is 0 Å². The first-order valence-corrected chi connectivity index (χ1v) is 11.7. The summed E-state index contributed by atoms with van der Waals surface area (Å²) in [5.41, 5.74) is 0.956. The van der Waals surface area contributed by atoms with Crippen molar-refractivity contribution in [3.05, 3.63) is 48.0 Å². The average Bonchev–Trinajstić information content (AvgIpc) is 2.92. The van der Waals surface area contributed by atoms with Crippen LogP contribution < -0.4 is 14.2 Å². The van der Waals surface area contributed by atoms with E-state index in [0.29, 0.717) is 17.2 Å². The number of rotatable bonds is 6. The summed E-state index contributed by atoms with van der Waals surface area (Å²) in [4.78, 5) is 0.0676. The van der Waals surface area contributed by atoms with Crippen LogP contribution in [0.4, 0.5) is 0 Å². The summed E-state index contributed by atoms with van der Waals surface area (Å²) >= 11 is 0. The van der Waals surface area contributed by atoms with Gasteiger partial charge in [0.1, 0.15) is 22.3 Å². The Bertz CT molecular complexity index is 919. The van der Waals surface area contributed by atoms with Gasteiger partial charge in [0.15, 0.2) is 12.9 Å². The molecule has 0 radical (unpaired) electrons. The second kappa shape index (κ2) is 6.85. The highest BCUT2D eigenvalue weighted by Gasteiger charge is 2.39. The third-order valence-corrected chi connectivity index (χ3v) is 8.27. The highest BCUT2D eigenvalue weighted by Crippen LogP contribution is 2.54. The Kier molecular flexibility index (Phi) is 4.94. The molecular formula is C18H21O5PS. The summed E-state index contributed by atoms with van der Waals surface area (Å²) in [6, 6.07) is 11.3. The van der Waals surface area contributed by atoms with Gasteiger partial charge in [-0.3, -0.25) is 0 Å². The first-order chi connectivity index (χ1) is 11.9. The fourth-order valence-corrected chi connectivity index (χ4v) is 6.51. The minimum atomic E-state index is -4.00. The highest BCUT2D eigenvalue weighted by molar-refractivity contribution is 7.87. The van der Waals surface area contributed by atoms with E-state index < -0.39 is 17.3 Å². The molecule has 1 heterocycles. The van der Waals surface area contributed by atoms with Gasteiger partial charge in [0.05, 0.1) is 0 Å². The summed E-state index contributed by atoms with van der Waals surface area (Å²) in [6.07, 6.45) is 2.29. The van der Waals surface area contributed by atoms with Crippen molar-refractivity contribution in [1.82, 2.24) is 0 Å². The third kappa shape index (κ3) is 3.60. The average molecular weight is 380 g/mol. The fourth-order valence-electron chi connectivity index (χ4n) is 2.79. The highest BCUT2D eigenvalue weighted by atomic mass is 32.2. The molecule has 0 aliphatic carbocycles. The van der Waals surface area contributed by atoms with E-state index in [-0.39, 0.29) is 17.0 Å². The van der Waals surface area contributed by atoms with Crippen molar-refractivity contribution in [2.24, 2.45) is 0 Å². The van der Waals surface area contributed by atoms with Gasteiger partial charge in [-0.25, -0.2) is 0 Å². The van der Waals surface area contributed by atoms with Gasteiger partial charge in [0, 0.05) is 6.16 Å². The van der Waals surface area contributed by atoms with Gasteiger partial charge in [-0.05, 0) is 37.6 Å². The van der Waals surface area contributed by atoms with Crippen LogP contribution in [0, 0.1) is 6.92 Å². The molecule has 2 aromatic rings. The number of fused-ring (bicyclic) bond motifs is 1. The number of aryl methyl sites for hydroxylation is 1. The van der Waals surface area contributed by atoms with Crippen LogP contribution in [0.15, 0.2) is 47.4 Å². The van der Waals surface area contributed by atoms with Crippen molar-refractivity contribution in [2.75, 3.05) is 12.5 Å². The lowest BCUT2D eigenvalue weighted by atomic mass is 10.2. The monoisotopic (exact) mass is 380 g/mol. The zero-order valence-electron chi connectivity index (χ0n) is 14.3. The van der Waals surface area contributed by atoms with E-state index in [1.165, 1.54) is 18.2 Å². The smallest absolute Gasteiger partial charge is 0.339 e. The van der Waals surface area contributed by atoms with Crippen molar-refractivity contribution in [3.8, 4) is 11.5 Å². The standard InChI is InChI=1S/C18H21O5PS/c1-3-4-12-24(19)13-22-16-6-5-7-17(18(16)24)23-25(20,21)15-10-8-14(2)9-11-15/h5-11H,3-4,12-13H2,1-2H3. The van der Waals surface area contributed by atoms with E-state index in [2.05, 4.69) is 0 Å². The van der Waals surface area contributed by atoms with Gasteiger partial charge < -0.3 is 13.5 Å². The van der Waals surface area contributed by atoms with Crippen LogP contribution in [0.2, 0.25) is 0 Å². The van der Waals surface area contributed by atoms with Gasteiger partial charge >= 0.3 is 10.1 Å². The molecule has 134 valence electrons. The molecule has 1 aliphatic rings. The maximum atomic E-state index is 13.3. The van der Waals surface area contributed by atoms with E-state index in [1.54, 1.807) is 24.3 Å². The molecule has 2 aromatic carbocycles. The Morgan fingerprint density at radius 1 is 1.16 bits per heavy atom. The van der Waals surface area contributed by atoms with Crippen molar-refractivity contribution in [3.63, 3.8) is 0 Å². The molecule has 1 unspecified atom stereocenters. The molecule has 7 heteroatoms. The van der Waals surface area contributed by atoms with Crippen LogP contribution in [0.25, 0.3) is 0 Å². The second-order valence-corrected chi connectivity index (χ2v) is 10.7. The number of unbranched alkanes of at least 4 members (excludes halogenated alkanes) is 1. The Morgan fingerprint density at radius 3 is 2.56 bits per heavy atom. The zero-order chi connectivity index (χ0) is 18.1. The minimum Gasteiger partial charge on any atom is -0.485 e. The lowest BCUT2D eigenvalue weighted by molar-refractivity contribution is 0.393. The van der Waals surface area contributed by atoms with E-state index in [0.717, 1.165) is 18.4 Å². The van der Waals surface area contributed by atoms with Crippen molar-refractivity contribution in [2.45, 2.75) is 31.6 Å². The van der Waals surface area contributed by atoms with Crippen LogP contribution in [0.1, 0.15) is 25.3 Å². The molecule has 3 rings (SSSR count). The van der Waals surface area contributed by atoms with Crippen LogP contribution in [0.3, 0.4) is 0 Å². The topological polar surface area (TPSA) is 69.7 Å². The van der Waals surface area contributed by atoms with Crippen LogP contribution >= 0.6 is 7.14 Å². The number of ether oxygens (including phenoxy) is 1. The molecule has 0 spiro atoms. The summed E-state index contributed by atoms with van der Waals surface area (Å²) in [6.45, 7) is 3.90. The Morgan fingerprint density at radius 2 is 1.88 bits per heavy atom. The van der Waals surface area contributed by atoms with E-state index in [4.69, 9.17) is 8.92 Å². The summed E-state index contributed by atoms with van der Waals surface area (Å²) < 4.78 is 49.4. The summed E-state index contributed by atoms with van der Waals surface area (Å²) in [7, 11) is -6.81. The molecule has 0 saturated heterocycles. The van der Waals surface area contributed by atoms with Crippen molar-refractivity contribution < 1.29 is 21.9 Å². The maximum Gasteiger partial charge on any atom is 0.339 e. The van der Waals surface area contributed by atoms with Crippen LogP contribution in [0.5, 0.6) is 11.5 Å². The molecule has 0 amide bonds. The lowest BCUT2D eigenvalue weighted by Crippen LogP contribution is -2.16. The predicted octanol–water partition coefficient (Wildman–Crippen LogP) is 3.90. The van der Waals surface area contributed by atoms with E-state index in [1.807, 2.05) is 13.8 Å². The molecule has 25 heavy (non-hydrogen) atoms. The zero-order valence-corrected chi connectivity index (χ0v) is 16.0. The predicted molar refractivity (Wildman–Crippen MR) is 97.9 cm³/mol. The minimum absolute atomic E-state index is 0.0676. The quantitative estimate of drug-likeness (QED) is 0.562. The third-order valence-electron chi connectivity index (χ3n) is 4.18. The Labute approximate surface area is 148 Å². The van der Waals surface area contributed by atoms with Crippen LogP contribution in [-0.4, -0.2) is 20.9 Å². The molecule has 1 aliphatic heterocycles. The number of hydrogen-bond acceptors (Lipinski definition) is 5. The summed E-state index contributed by atoms with van der Waals surface area (Å²) in [5.74, 6) is 0.561. The first kappa shape index (κ1) is 18.0. The van der Waals surface area contributed by atoms with Crippen LogP contribution in [-0.2, 0) is 14.7 Å². The second-order valence-electron chi connectivity index (χ2n) is 6.19. The normalized spacial score (nSPS) is 19.3. The van der Waals surface area contributed by atoms with Gasteiger partial charge in [0.2, 0.25) is 0 Å². The molecule has 0 N–H and O–H groups in total. The lowest BCUT2D eigenvalue weighted by Gasteiger charge is -2.14. The maximum absolute atomic E-state index is 13.3. The first-order valence-electron chi connectivity index (χ1n) is 8.21. The largest absolute Gasteiger partial charge is 0.485 e. The molecular weight excluding hydrogens is 359 g/mol. The molecule has 0 fully saturated rings. The van der Waals surface area contributed by atoms with Crippen molar-refractivity contribution in [1.29, 1.82) is 0 Å². The van der Waals surface area contributed by atoms with Crippen molar-refractivity contribution >= 4 is 22.6 Å². The fraction of sp³-hybridized carbons (Fsp3) is 0.333. The molecule has 1 atom stereocenters. The number of benzene rings is 2.